The van der Waals surface area contributed by atoms with Crippen molar-refractivity contribution >= 4 is 0 Å². The van der Waals surface area contributed by atoms with E-state index in [0.29, 0.717) is 0 Å². The van der Waals surface area contributed by atoms with Crippen LogP contribution in [0, 0.1) is 20.8 Å². The summed E-state index contributed by atoms with van der Waals surface area (Å²) in [6, 6.07) is 2.23. The van der Waals surface area contributed by atoms with E-state index in [0.717, 1.165) is 18.8 Å². The van der Waals surface area contributed by atoms with Crippen molar-refractivity contribution in [2.75, 3.05) is 13.7 Å². The Labute approximate surface area is 92.6 Å². The van der Waals surface area contributed by atoms with Gasteiger partial charge in [-0.3, -0.25) is 0 Å². The predicted molar refractivity (Wildman–Crippen MR) is 64.6 cm³/mol. The maximum atomic E-state index is 5.49. The summed E-state index contributed by atoms with van der Waals surface area (Å²) in [5.41, 5.74) is 5.12. The van der Waals surface area contributed by atoms with Crippen molar-refractivity contribution in [3.63, 3.8) is 0 Å². The third-order valence-corrected chi connectivity index (χ3v) is 2.87. The van der Waals surface area contributed by atoms with Gasteiger partial charge < -0.3 is 10.1 Å². The Kier molecular flexibility index (Phi) is 4.15. The Morgan fingerprint density at radius 1 is 1.20 bits per heavy atom. The summed E-state index contributed by atoms with van der Waals surface area (Å²) in [5, 5.41) is 3.35. The molecule has 0 radical (unpaired) electrons. The monoisotopic (exact) mass is 207 g/mol. The molecular formula is C13H21NO. The van der Waals surface area contributed by atoms with E-state index >= 15 is 0 Å². The molecule has 0 saturated heterocycles. The van der Waals surface area contributed by atoms with E-state index in [2.05, 4.69) is 39.1 Å². The average Bonchev–Trinajstić information content (AvgIpc) is 2.21. The average molecular weight is 207 g/mol. The molecule has 0 bridgehead atoms. The minimum Gasteiger partial charge on any atom is -0.496 e. The molecule has 15 heavy (non-hydrogen) atoms. The lowest BCUT2D eigenvalue weighted by Crippen LogP contribution is -2.14. The van der Waals surface area contributed by atoms with Crippen LogP contribution in [0.5, 0.6) is 5.75 Å². The first kappa shape index (κ1) is 12.1. The van der Waals surface area contributed by atoms with Crippen LogP contribution >= 0.6 is 0 Å². The third kappa shape index (κ3) is 2.51. The summed E-state index contributed by atoms with van der Waals surface area (Å²) < 4.78 is 5.49. The molecule has 0 amide bonds. The standard InChI is InChI=1S/C13H21NO/c1-6-14-8-12-10(3)7-9(2)11(4)13(12)15-5/h7,14H,6,8H2,1-5H3. The molecule has 0 saturated carbocycles. The molecule has 1 N–H and O–H groups in total. The van der Waals surface area contributed by atoms with Crippen molar-refractivity contribution in [3.8, 4) is 5.75 Å². The van der Waals surface area contributed by atoms with E-state index in [1.165, 1.54) is 22.3 Å². The lowest BCUT2D eigenvalue weighted by atomic mass is 9.99. The minimum absolute atomic E-state index is 0.882. The molecule has 0 unspecified atom stereocenters. The largest absolute Gasteiger partial charge is 0.496 e. The van der Waals surface area contributed by atoms with Crippen LogP contribution in [0.1, 0.15) is 29.2 Å². The smallest absolute Gasteiger partial charge is 0.126 e. The zero-order valence-corrected chi connectivity index (χ0v) is 10.4. The molecule has 0 aliphatic heterocycles. The van der Waals surface area contributed by atoms with Gasteiger partial charge in [0.25, 0.3) is 0 Å². The Balaban J connectivity index is 3.16. The molecule has 0 aromatic heterocycles. The number of ether oxygens (including phenoxy) is 1. The Morgan fingerprint density at radius 2 is 1.87 bits per heavy atom. The lowest BCUT2D eigenvalue weighted by molar-refractivity contribution is 0.404. The van der Waals surface area contributed by atoms with Gasteiger partial charge >= 0.3 is 0 Å². The quantitative estimate of drug-likeness (QED) is 0.819. The number of rotatable bonds is 4. The van der Waals surface area contributed by atoms with Gasteiger partial charge in [-0.1, -0.05) is 13.0 Å². The third-order valence-electron chi connectivity index (χ3n) is 2.87. The summed E-state index contributed by atoms with van der Waals surface area (Å²) in [6.07, 6.45) is 0. The van der Waals surface area contributed by atoms with E-state index in [1.54, 1.807) is 7.11 Å². The topological polar surface area (TPSA) is 21.3 Å². The van der Waals surface area contributed by atoms with Crippen molar-refractivity contribution in [1.82, 2.24) is 5.32 Å². The zero-order chi connectivity index (χ0) is 11.4. The molecule has 1 aromatic carbocycles. The molecule has 2 nitrogen and oxygen atoms in total. The van der Waals surface area contributed by atoms with Crippen LogP contribution in [-0.4, -0.2) is 13.7 Å². The number of hydrogen-bond acceptors (Lipinski definition) is 2. The lowest BCUT2D eigenvalue weighted by Gasteiger charge is -2.16. The summed E-state index contributed by atoms with van der Waals surface area (Å²) >= 11 is 0. The summed E-state index contributed by atoms with van der Waals surface area (Å²) in [5.74, 6) is 1.04. The highest BCUT2D eigenvalue weighted by Crippen LogP contribution is 2.29. The van der Waals surface area contributed by atoms with Crippen molar-refractivity contribution in [2.24, 2.45) is 0 Å². The van der Waals surface area contributed by atoms with Crippen molar-refractivity contribution in [3.05, 3.63) is 28.3 Å². The second-order valence-corrected chi connectivity index (χ2v) is 3.93. The second kappa shape index (κ2) is 5.17. The minimum atomic E-state index is 0.882. The fraction of sp³-hybridized carbons (Fsp3) is 0.538. The van der Waals surface area contributed by atoms with E-state index in [9.17, 15) is 0 Å². The zero-order valence-electron chi connectivity index (χ0n) is 10.4. The van der Waals surface area contributed by atoms with Crippen LogP contribution in [-0.2, 0) is 6.54 Å². The maximum Gasteiger partial charge on any atom is 0.126 e. The number of benzene rings is 1. The molecule has 0 atom stereocenters. The molecular weight excluding hydrogens is 186 g/mol. The van der Waals surface area contributed by atoms with E-state index < -0.39 is 0 Å². The van der Waals surface area contributed by atoms with E-state index in [4.69, 9.17) is 4.74 Å². The van der Waals surface area contributed by atoms with Gasteiger partial charge in [-0.15, -0.1) is 0 Å². The van der Waals surface area contributed by atoms with Gasteiger partial charge in [-0.2, -0.15) is 0 Å². The molecule has 0 spiro atoms. The van der Waals surface area contributed by atoms with E-state index in [1.807, 2.05) is 0 Å². The van der Waals surface area contributed by atoms with Crippen molar-refractivity contribution in [2.45, 2.75) is 34.2 Å². The first-order valence-corrected chi connectivity index (χ1v) is 5.46. The molecule has 0 fully saturated rings. The normalized spacial score (nSPS) is 10.5. The van der Waals surface area contributed by atoms with E-state index in [-0.39, 0.29) is 0 Å². The first-order chi connectivity index (χ1) is 7.11. The first-order valence-electron chi connectivity index (χ1n) is 5.46. The molecule has 0 heterocycles. The van der Waals surface area contributed by atoms with Gasteiger partial charge in [-0.25, -0.2) is 0 Å². The highest BCUT2D eigenvalue weighted by molar-refractivity contribution is 5.49. The van der Waals surface area contributed by atoms with Gasteiger partial charge in [0.05, 0.1) is 7.11 Å². The molecule has 2 heteroatoms. The summed E-state index contributed by atoms with van der Waals surface area (Å²) in [6.45, 7) is 10.4. The molecule has 1 aromatic rings. The number of nitrogens with one attached hydrogen (secondary N) is 1. The van der Waals surface area contributed by atoms with Crippen LogP contribution in [0.4, 0.5) is 0 Å². The summed E-state index contributed by atoms with van der Waals surface area (Å²) in [7, 11) is 1.75. The Hall–Kier alpha value is -1.02. The number of aryl methyl sites for hydroxylation is 2. The molecule has 84 valence electrons. The summed E-state index contributed by atoms with van der Waals surface area (Å²) in [4.78, 5) is 0. The van der Waals surface area contributed by atoms with Gasteiger partial charge in [0.2, 0.25) is 0 Å². The van der Waals surface area contributed by atoms with Crippen LogP contribution in [0.25, 0.3) is 0 Å². The van der Waals surface area contributed by atoms with Gasteiger partial charge in [0.15, 0.2) is 0 Å². The highest BCUT2D eigenvalue weighted by atomic mass is 16.5. The SMILES string of the molecule is CCNCc1c(C)cc(C)c(C)c1OC. The van der Waals surface area contributed by atoms with Gasteiger partial charge in [-0.05, 0) is 44.0 Å². The van der Waals surface area contributed by atoms with Crippen LogP contribution < -0.4 is 10.1 Å². The van der Waals surface area contributed by atoms with Crippen LogP contribution in [0.3, 0.4) is 0 Å². The Bertz CT molecular complexity index is 345. The maximum absolute atomic E-state index is 5.49. The second-order valence-electron chi connectivity index (χ2n) is 3.93. The predicted octanol–water partition coefficient (Wildman–Crippen LogP) is 2.73. The molecule has 0 aliphatic carbocycles. The highest BCUT2D eigenvalue weighted by Gasteiger charge is 2.11. The van der Waals surface area contributed by atoms with Crippen LogP contribution in [0.2, 0.25) is 0 Å². The van der Waals surface area contributed by atoms with Crippen molar-refractivity contribution < 1.29 is 4.74 Å². The number of methoxy groups -OCH3 is 1. The van der Waals surface area contributed by atoms with Gasteiger partial charge in [0.1, 0.15) is 5.75 Å². The molecule has 0 aliphatic rings. The van der Waals surface area contributed by atoms with Gasteiger partial charge in [0, 0.05) is 12.1 Å². The van der Waals surface area contributed by atoms with Crippen molar-refractivity contribution in [1.29, 1.82) is 0 Å². The van der Waals surface area contributed by atoms with Crippen LogP contribution in [0.15, 0.2) is 6.07 Å². The fourth-order valence-electron chi connectivity index (χ4n) is 1.85. The number of hydrogen-bond donors (Lipinski definition) is 1. The molecule has 1 rings (SSSR count). The Morgan fingerprint density at radius 3 is 2.40 bits per heavy atom. The fourth-order valence-corrected chi connectivity index (χ4v) is 1.85.